The van der Waals surface area contributed by atoms with Crippen LogP contribution in [0.1, 0.15) is 31.2 Å². The van der Waals surface area contributed by atoms with E-state index in [1.165, 1.54) is 12.1 Å². The van der Waals surface area contributed by atoms with E-state index in [1.807, 2.05) is 0 Å². The third kappa shape index (κ3) is 6.69. The lowest BCUT2D eigenvalue weighted by molar-refractivity contribution is -0.146. The average Bonchev–Trinajstić information content (AvgIpc) is 2.56. The fourth-order valence-corrected chi connectivity index (χ4v) is 2.41. The van der Waals surface area contributed by atoms with Crippen LogP contribution in [0.2, 0.25) is 0 Å². The number of amides is 3. The lowest BCUT2D eigenvalue weighted by atomic mass is 10.1. The topological polar surface area (TPSA) is 173 Å². The maximum atomic E-state index is 12.6. The van der Waals surface area contributed by atoms with Crippen molar-refractivity contribution in [1.29, 1.82) is 0 Å². The van der Waals surface area contributed by atoms with Gasteiger partial charge < -0.3 is 27.4 Å². The van der Waals surface area contributed by atoms with Gasteiger partial charge in [0.2, 0.25) is 17.7 Å². The summed E-state index contributed by atoms with van der Waals surface area (Å²) in [5.74, 6) is -2.40. The van der Waals surface area contributed by atoms with Gasteiger partial charge in [0.1, 0.15) is 11.5 Å². The van der Waals surface area contributed by atoms with E-state index in [0.717, 1.165) is 23.8 Å². The maximum absolute atomic E-state index is 12.6. The van der Waals surface area contributed by atoms with Gasteiger partial charge in [-0.25, -0.2) is 0 Å². The summed E-state index contributed by atoms with van der Waals surface area (Å²) in [5, 5.41) is 19.1. The van der Waals surface area contributed by atoms with Gasteiger partial charge in [-0.1, -0.05) is 12.5 Å². The summed E-state index contributed by atoms with van der Waals surface area (Å²) >= 11 is 0. The van der Waals surface area contributed by atoms with Gasteiger partial charge in [-0.2, -0.15) is 0 Å². The Morgan fingerprint density at radius 3 is 2.38 bits per heavy atom. The molecule has 0 unspecified atom stereocenters. The van der Waals surface area contributed by atoms with E-state index in [0.29, 0.717) is 13.0 Å². The van der Waals surface area contributed by atoms with Crippen LogP contribution in [0, 0.1) is 0 Å². The Bertz CT molecular complexity index is 650. The van der Waals surface area contributed by atoms with Crippen molar-refractivity contribution in [2.24, 2.45) is 17.2 Å². The zero-order chi connectivity index (χ0) is 19.7. The first kappa shape index (κ1) is 21.4. The van der Waals surface area contributed by atoms with Crippen LogP contribution in [0.3, 0.4) is 0 Å². The van der Waals surface area contributed by atoms with Crippen molar-refractivity contribution in [2.75, 3.05) is 13.1 Å². The highest BCUT2D eigenvalue weighted by Gasteiger charge is 2.27. The summed E-state index contributed by atoms with van der Waals surface area (Å²) in [6.07, 6.45) is 1.40. The maximum Gasteiger partial charge on any atom is 0.246 e. The van der Waals surface area contributed by atoms with Crippen LogP contribution in [0.4, 0.5) is 0 Å². The monoisotopic (exact) mass is 366 g/mol. The molecule has 1 aromatic rings. The molecule has 0 radical (unpaired) electrons. The van der Waals surface area contributed by atoms with Crippen molar-refractivity contribution >= 4 is 17.7 Å². The quantitative estimate of drug-likeness (QED) is 0.341. The zero-order valence-electron chi connectivity index (χ0n) is 14.6. The van der Waals surface area contributed by atoms with Crippen molar-refractivity contribution in [1.82, 2.24) is 4.90 Å². The standard InChI is InChI=1S/C17H26N4O5/c18-6-2-1-3-7-21(17(26)13(19)10-15(20)24)16(25)8-11-4-5-12(22)9-14(11)23/h4-5,9,13,22-23H,1-3,6-8,10,18-19H2,(H2,20,24)/t13-/m0/s1. The minimum atomic E-state index is -1.21. The number of carbonyl (C=O) groups excluding carboxylic acids is 3. The van der Waals surface area contributed by atoms with Crippen molar-refractivity contribution in [3.8, 4) is 11.5 Å². The highest BCUT2D eigenvalue weighted by molar-refractivity contribution is 6.00. The second-order valence-corrected chi connectivity index (χ2v) is 6.00. The predicted octanol–water partition coefficient (Wildman–Crippen LogP) is -0.673. The summed E-state index contributed by atoms with van der Waals surface area (Å²) in [7, 11) is 0. The Hall–Kier alpha value is -2.65. The molecular weight excluding hydrogens is 340 g/mol. The van der Waals surface area contributed by atoms with E-state index in [1.54, 1.807) is 0 Å². The Balaban J connectivity index is 2.88. The van der Waals surface area contributed by atoms with E-state index in [2.05, 4.69) is 0 Å². The Kier molecular flexibility index (Phi) is 8.53. The molecule has 0 spiro atoms. The lowest BCUT2D eigenvalue weighted by Gasteiger charge is -2.24. The van der Waals surface area contributed by atoms with E-state index in [9.17, 15) is 24.6 Å². The van der Waals surface area contributed by atoms with Crippen molar-refractivity contribution < 1.29 is 24.6 Å². The minimum Gasteiger partial charge on any atom is -0.508 e. The summed E-state index contributed by atoms with van der Waals surface area (Å²) in [6, 6.07) is 2.62. The molecule has 3 amide bonds. The molecule has 1 atom stereocenters. The van der Waals surface area contributed by atoms with E-state index in [-0.39, 0.29) is 36.4 Å². The summed E-state index contributed by atoms with van der Waals surface area (Å²) in [4.78, 5) is 37.0. The van der Waals surface area contributed by atoms with E-state index >= 15 is 0 Å². The smallest absolute Gasteiger partial charge is 0.246 e. The molecule has 0 aliphatic heterocycles. The number of carbonyl (C=O) groups is 3. The van der Waals surface area contributed by atoms with Crippen molar-refractivity contribution in [3.63, 3.8) is 0 Å². The normalized spacial score (nSPS) is 11.8. The SMILES string of the molecule is NCCCCCN(C(=O)Cc1ccc(O)cc1O)C(=O)[C@@H](N)CC(N)=O. The third-order valence-corrected chi connectivity index (χ3v) is 3.80. The van der Waals surface area contributed by atoms with Gasteiger partial charge in [0.25, 0.3) is 0 Å². The average molecular weight is 366 g/mol. The van der Waals surface area contributed by atoms with Gasteiger partial charge in [0.15, 0.2) is 0 Å². The number of nitrogens with two attached hydrogens (primary N) is 3. The fourth-order valence-electron chi connectivity index (χ4n) is 2.41. The molecule has 9 nitrogen and oxygen atoms in total. The number of phenolic OH excluding ortho intramolecular Hbond substituents is 2. The Labute approximate surface area is 151 Å². The van der Waals surface area contributed by atoms with Gasteiger partial charge in [-0.05, 0) is 25.5 Å². The molecule has 0 bridgehead atoms. The number of primary amides is 1. The van der Waals surface area contributed by atoms with Crippen LogP contribution in [0.25, 0.3) is 0 Å². The number of unbranched alkanes of at least 4 members (excludes halogenated alkanes) is 2. The second-order valence-electron chi connectivity index (χ2n) is 6.00. The molecule has 0 fully saturated rings. The van der Waals surface area contributed by atoms with Gasteiger partial charge in [-0.3, -0.25) is 19.3 Å². The number of hydrogen-bond donors (Lipinski definition) is 5. The highest BCUT2D eigenvalue weighted by atomic mass is 16.3. The fraction of sp³-hybridized carbons (Fsp3) is 0.471. The van der Waals surface area contributed by atoms with Crippen LogP contribution < -0.4 is 17.2 Å². The molecule has 0 aliphatic carbocycles. The lowest BCUT2D eigenvalue weighted by Crippen LogP contribution is -2.49. The van der Waals surface area contributed by atoms with Crippen LogP contribution in [0.5, 0.6) is 11.5 Å². The number of aromatic hydroxyl groups is 2. The van der Waals surface area contributed by atoms with Crippen LogP contribution >= 0.6 is 0 Å². The summed E-state index contributed by atoms with van der Waals surface area (Å²) in [6.45, 7) is 0.632. The number of rotatable bonds is 10. The molecule has 0 saturated heterocycles. The number of imide groups is 1. The van der Waals surface area contributed by atoms with E-state index in [4.69, 9.17) is 17.2 Å². The number of phenols is 2. The minimum absolute atomic E-state index is 0.128. The van der Waals surface area contributed by atoms with Crippen LogP contribution in [-0.2, 0) is 20.8 Å². The molecule has 144 valence electrons. The highest BCUT2D eigenvalue weighted by Crippen LogP contribution is 2.23. The molecule has 0 aromatic heterocycles. The van der Waals surface area contributed by atoms with Gasteiger partial charge in [-0.15, -0.1) is 0 Å². The van der Waals surface area contributed by atoms with Crippen molar-refractivity contribution in [3.05, 3.63) is 23.8 Å². The van der Waals surface area contributed by atoms with Gasteiger partial charge in [0.05, 0.1) is 18.9 Å². The molecule has 0 saturated carbocycles. The van der Waals surface area contributed by atoms with Gasteiger partial charge >= 0.3 is 0 Å². The molecule has 9 heteroatoms. The van der Waals surface area contributed by atoms with Crippen LogP contribution in [-0.4, -0.2) is 52.0 Å². The summed E-state index contributed by atoms with van der Waals surface area (Å²) < 4.78 is 0. The van der Waals surface area contributed by atoms with Crippen LogP contribution in [0.15, 0.2) is 18.2 Å². The first-order valence-electron chi connectivity index (χ1n) is 8.35. The van der Waals surface area contributed by atoms with E-state index < -0.39 is 23.8 Å². The zero-order valence-corrected chi connectivity index (χ0v) is 14.6. The second kappa shape index (κ2) is 10.4. The Morgan fingerprint density at radius 1 is 1.12 bits per heavy atom. The molecule has 1 aromatic carbocycles. The largest absolute Gasteiger partial charge is 0.508 e. The number of nitrogens with zero attached hydrogens (tertiary/aromatic N) is 1. The first-order chi connectivity index (χ1) is 12.3. The Morgan fingerprint density at radius 2 is 1.81 bits per heavy atom. The molecule has 26 heavy (non-hydrogen) atoms. The third-order valence-electron chi connectivity index (χ3n) is 3.80. The molecule has 8 N–H and O–H groups in total. The van der Waals surface area contributed by atoms with Gasteiger partial charge in [0, 0.05) is 18.2 Å². The number of hydrogen-bond acceptors (Lipinski definition) is 7. The predicted molar refractivity (Wildman–Crippen MR) is 94.9 cm³/mol. The number of benzene rings is 1. The first-order valence-corrected chi connectivity index (χ1v) is 8.35. The van der Waals surface area contributed by atoms with Crippen molar-refractivity contribution in [2.45, 2.75) is 38.1 Å². The summed E-state index contributed by atoms with van der Waals surface area (Å²) in [5.41, 5.74) is 16.4. The molecule has 0 aliphatic rings. The molecule has 1 rings (SSSR count). The molecular formula is C17H26N4O5. The molecule has 0 heterocycles.